The molecular formula is C16H19F3N2O. The van der Waals surface area contributed by atoms with Crippen molar-refractivity contribution in [2.24, 2.45) is 17.6 Å². The van der Waals surface area contributed by atoms with Crippen LogP contribution in [0.1, 0.15) is 46.7 Å². The molecule has 0 bridgehead atoms. The van der Waals surface area contributed by atoms with Crippen LogP contribution < -0.4 is 11.1 Å². The minimum absolute atomic E-state index is 0.0129. The molecule has 1 aromatic rings. The van der Waals surface area contributed by atoms with E-state index in [-0.39, 0.29) is 12.3 Å². The van der Waals surface area contributed by atoms with Gasteiger partial charge >= 0.3 is 6.18 Å². The molecule has 1 fully saturated rings. The van der Waals surface area contributed by atoms with E-state index < -0.39 is 23.9 Å². The Morgan fingerprint density at radius 3 is 2.73 bits per heavy atom. The Morgan fingerprint density at radius 2 is 2.05 bits per heavy atom. The van der Waals surface area contributed by atoms with E-state index in [1.54, 1.807) is 18.2 Å². The van der Waals surface area contributed by atoms with Crippen molar-refractivity contribution in [2.75, 3.05) is 6.54 Å². The van der Waals surface area contributed by atoms with E-state index in [1.807, 2.05) is 0 Å². The molecule has 2 aliphatic rings. The third kappa shape index (κ3) is 2.72. The van der Waals surface area contributed by atoms with Crippen molar-refractivity contribution in [2.45, 2.75) is 37.9 Å². The molecule has 0 spiro atoms. The standard InChI is InChI=1S/C16H19F3N2O/c17-16(18,19)13-3-1-2-10-7-21-8-11-6-9(15(20)22)4-5-12(11)14(10)13/h4-6,10,13-14,21H,1-3,7-8H2,(H2,20,22). The zero-order valence-electron chi connectivity index (χ0n) is 12.1. The maximum absolute atomic E-state index is 13.5. The quantitative estimate of drug-likeness (QED) is 0.837. The number of alkyl halides is 3. The van der Waals surface area contributed by atoms with Crippen LogP contribution in [0.15, 0.2) is 18.2 Å². The molecule has 3 N–H and O–H groups in total. The number of hydrogen-bond donors (Lipinski definition) is 2. The zero-order chi connectivity index (χ0) is 15.9. The van der Waals surface area contributed by atoms with Crippen LogP contribution in [0.4, 0.5) is 13.2 Å². The van der Waals surface area contributed by atoms with Gasteiger partial charge in [0.05, 0.1) is 5.92 Å². The Kier molecular flexibility index (Phi) is 3.89. The molecule has 0 aromatic heterocycles. The number of nitrogens with two attached hydrogens (primary N) is 1. The second-order valence-corrected chi connectivity index (χ2v) is 6.27. The van der Waals surface area contributed by atoms with Gasteiger partial charge in [-0.05, 0) is 54.5 Å². The summed E-state index contributed by atoms with van der Waals surface area (Å²) in [5.74, 6) is -2.40. The summed E-state index contributed by atoms with van der Waals surface area (Å²) in [4.78, 5) is 11.3. The van der Waals surface area contributed by atoms with Gasteiger partial charge in [-0.2, -0.15) is 13.2 Å². The molecule has 3 rings (SSSR count). The van der Waals surface area contributed by atoms with Crippen LogP contribution in [-0.4, -0.2) is 18.6 Å². The maximum Gasteiger partial charge on any atom is 0.392 e. The largest absolute Gasteiger partial charge is 0.392 e. The van der Waals surface area contributed by atoms with Crippen LogP contribution >= 0.6 is 0 Å². The van der Waals surface area contributed by atoms with Gasteiger partial charge < -0.3 is 11.1 Å². The maximum atomic E-state index is 13.5. The van der Waals surface area contributed by atoms with Crippen LogP contribution in [0.3, 0.4) is 0 Å². The molecule has 0 saturated heterocycles. The van der Waals surface area contributed by atoms with Crippen molar-refractivity contribution in [1.82, 2.24) is 5.32 Å². The average molecular weight is 312 g/mol. The molecule has 1 aliphatic heterocycles. The summed E-state index contributed by atoms with van der Waals surface area (Å²) in [6.45, 7) is 1.06. The van der Waals surface area contributed by atoms with E-state index in [9.17, 15) is 18.0 Å². The molecule has 3 unspecified atom stereocenters. The zero-order valence-corrected chi connectivity index (χ0v) is 12.1. The first kappa shape index (κ1) is 15.3. The van der Waals surface area contributed by atoms with E-state index >= 15 is 0 Å². The van der Waals surface area contributed by atoms with Crippen LogP contribution in [0.25, 0.3) is 0 Å². The van der Waals surface area contributed by atoms with Crippen molar-refractivity contribution < 1.29 is 18.0 Å². The normalized spacial score (nSPS) is 28.4. The number of benzene rings is 1. The average Bonchev–Trinajstić information content (AvgIpc) is 2.64. The van der Waals surface area contributed by atoms with Crippen LogP contribution in [0.2, 0.25) is 0 Å². The lowest BCUT2D eigenvalue weighted by molar-refractivity contribution is -0.191. The molecule has 6 heteroatoms. The number of rotatable bonds is 1. The predicted octanol–water partition coefficient (Wildman–Crippen LogP) is 2.95. The fourth-order valence-corrected chi connectivity index (χ4v) is 3.98. The lowest BCUT2D eigenvalue weighted by Crippen LogP contribution is -2.38. The number of primary amides is 1. The van der Waals surface area contributed by atoms with E-state index in [4.69, 9.17) is 5.73 Å². The summed E-state index contributed by atoms with van der Waals surface area (Å²) < 4.78 is 40.4. The Morgan fingerprint density at radius 1 is 1.27 bits per heavy atom. The fraction of sp³-hybridized carbons (Fsp3) is 0.562. The highest BCUT2D eigenvalue weighted by molar-refractivity contribution is 5.93. The highest BCUT2D eigenvalue weighted by Crippen LogP contribution is 2.50. The summed E-state index contributed by atoms with van der Waals surface area (Å²) in [7, 11) is 0. The fourth-order valence-electron chi connectivity index (χ4n) is 3.98. The Balaban J connectivity index is 2.06. The predicted molar refractivity (Wildman–Crippen MR) is 76.3 cm³/mol. The van der Waals surface area contributed by atoms with Crippen LogP contribution in [0.5, 0.6) is 0 Å². The van der Waals surface area contributed by atoms with Crippen molar-refractivity contribution in [1.29, 1.82) is 0 Å². The number of carbonyl (C=O) groups is 1. The minimum Gasteiger partial charge on any atom is -0.366 e. The molecule has 1 amide bonds. The van der Waals surface area contributed by atoms with Crippen molar-refractivity contribution in [3.8, 4) is 0 Å². The molecule has 120 valence electrons. The molecule has 3 nitrogen and oxygen atoms in total. The van der Waals surface area contributed by atoms with Gasteiger partial charge in [0.1, 0.15) is 0 Å². The van der Waals surface area contributed by atoms with E-state index in [1.165, 1.54) is 0 Å². The number of halogens is 3. The van der Waals surface area contributed by atoms with Crippen LogP contribution in [0, 0.1) is 11.8 Å². The summed E-state index contributed by atoms with van der Waals surface area (Å²) in [5.41, 5.74) is 7.11. The lowest BCUT2D eigenvalue weighted by atomic mass is 9.68. The second-order valence-electron chi connectivity index (χ2n) is 6.27. The topological polar surface area (TPSA) is 55.1 Å². The number of hydrogen-bond acceptors (Lipinski definition) is 2. The smallest absolute Gasteiger partial charge is 0.366 e. The SMILES string of the molecule is NC(=O)c1ccc2c(c1)CNCC1CCCC(C(F)(F)F)C21. The monoisotopic (exact) mass is 312 g/mol. The lowest BCUT2D eigenvalue weighted by Gasteiger charge is -2.39. The van der Waals surface area contributed by atoms with E-state index in [0.717, 1.165) is 17.5 Å². The van der Waals surface area contributed by atoms with Gasteiger partial charge in [0, 0.05) is 12.1 Å². The van der Waals surface area contributed by atoms with E-state index in [2.05, 4.69) is 5.32 Å². The van der Waals surface area contributed by atoms with Gasteiger partial charge in [0.15, 0.2) is 0 Å². The molecular weight excluding hydrogens is 293 g/mol. The highest BCUT2D eigenvalue weighted by Gasteiger charge is 2.50. The number of fused-ring (bicyclic) bond motifs is 3. The summed E-state index contributed by atoms with van der Waals surface area (Å²) in [6.07, 6.45) is -2.59. The number of nitrogens with one attached hydrogen (secondary N) is 1. The van der Waals surface area contributed by atoms with Gasteiger partial charge in [0.2, 0.25) is 5.91 Å². The van der Waals surface area contributed by atoms with Crippen molar-refractivity contribution >= 4 is 5.91 Å². The Bertz CT molecular complexity index is 585. The van der Waals surface area contributed by atoms with Gasteiger partial charge in [0.25, 0.3) is 0 Å². The van der Waals surface area contributed by atoms with E-state index in [0.29, 0.717) is 25.1 Å². The summed E-state index contributed by atoms with van der Waals surface area (Å²) in [6, 6.07) is 4.85. The molecule has 0 radical (unpaired) electrons. The molecule has 3 atom stereocenters. The van der Waals surface area contributed by atoms with Crippen LogP contribution in [-0.2, 0) is 6.54 Å². The third-order valence-corrected chi connectivity index (χ3v) is 4.96. The highest BCUT2D eigenvalue weighted by atomic mass is 19.4. The summed E-state index contributed by atoms with van der Waals surface area (Å²) >= 11 is 0. The molecule has 1 aromatic carbocycles. The first-order valence-electron chi connectivity index (χ1n) is 7.58. The van der Waals surface area contributed by atoms with Crippen molar-refractivity contribution in [3.63, 3.8) is 0 Å². The van der Waals surface area contributed by atoms with Gasteiger partial charge in [-0.25, -0.2) is 0 Å². The first-order valence-corrected chi connectivity index (χ1v) is 7.58. The third-order valence-electron chi connectivity index (χ3n) is 4.96. The second kappa shape index (κ2) is 5.57. The number of amides is 1. The number of carbonyl (C=O) groups excluding carboxylic acids is 1. The van der Waals surface area contributed by atoms with Gasteiger partial charge in [-0.15, -0.1) is 0 Å². The molecule has 1 aliphatic carbocycles. The molecule has 1 saturated carbocycles. The van der Waals surface area contributed by atoms with Gasteiger partial charge in [-0.3, -0.25) is 4.79 Å². The molecule has 1 heterocycles. The van der Waals surface area contributed by atoms with Crippen molar-refractivity contribution in [3.05, 3.63) is 34.9 Å². The minimum atomic E-state index is -4.19. The molecule has 22 heavy (non-hydrogen) atoms. The van der Waals surface area contributed by atoms with Gasteiger partial charge in [-0.1, -0.05) is 12.5 Å². The first-order chi connectivity index (χ1) is 10.4. The summed E-state index contributed by atoms with van der Waals surface area (Å²) in [5, 5.41) is 3.22. The Labute approximate surface area is 127 Å². The Hall–Kier alpha value is -1.56.